The molecule has 1 N–H and O–H groups in total. The van der Waals surface area contributed by atoms with Crippen LogP contribution in [0.3, 0.4) is 0 Å². The Morgan fingerprint density at radius 2 is 1.90 bits per heavy atom. The monoisotopic (exact) mass is 451 g/mol. The molecule has 30 heavy (non-hydrogen) atoms. The van der Waals surface area contributed by atoms with Crippen molar-refractivity contribution in [2.45, 2.75) is 51.6 Å². The molecule has 1 aliphatic carbocycles. The summed E-state index contributed by atoms with van der Waals surface area (Å²) in [5.41, 5.74) is 1.79. The highest BCUT2D eigenvalue weighted by Crippen LogP contribution is 2.38. The molecular weight excluding hydrogens is 422 g/mol. The van der Waals surface area contributed by atoms with E-state index in [2.05, 4.69) is 10.2 Å². The highest BCUT2D eigenvalue weighted by atomic mass is 32.1. The third-order valence-corrected chi connectivity index (χ3v) is 7.52. The number of nitrogens with zero attached hydrogens (tertiary/aromatic N) is 2. The molecule has 1 aromatic heterocycles. The molecule has 3 heterocycles. The molecule has 4 rings (SSSR count). The number of rotatable bonds is 4. The molecular formula is C21H29N3O4S2. The third kappa shape index (κ3) is 4.48. The maximum atomic E-state index is 12.6. The lowest BCUT2D eigenvalue weighted by atomic mass is 9.95. The molecule has 0 radical (unpaired) electrons. The van der Waals surface area contributed by atoms with Gasteiger partial charge in [-0.3, -0.25) is 4.79 Å². The van der Waals surface area contributed by atoms with Gasteiger partial charge in [0.2, 0.25) is 0 Å². The fourth-order valence-electron chi connectivity index (χ4n) is 4.36. The first kappa shape index (κ1) is 21.5. The number of piperazine rings is 1. The number of thiocarbonyl (C=S) groups is 1. The number of anilines is 1. The van der Waals surface area contributed by atoms with Gasteiger partial charge in [-0.2, -0.15) is 0 Å². The van der Waals surface area contributed by atoms with Crippen molar-refractivity contribution in [2.75, 3.05) is 44.7 Å². The number of aryl methyl sites for hydroxylation is 1. The van der Waals surface area contributed by atoms with Crippen molar-refractivity contribution in [1.29, 1.82) is 0 Å². The van der Waals surface area contributed by atoms with Gasteiger partial charge in [-0.15, -0.1) is 11.3 Å². The van der Waals surface area contributed by atoms with E-state index >= 15 is 0 Å². The van der Waals surface area contributed by atoms with Crippen LogP contribution in [0.2, 0.25) is 0 Å². The van der Waals surface area contributed by atoms with Crippen LogP contribution in [-0.4, -0.2) is 72.3 Å². The molecule has 0 saturated carbocycles. The van der Waals surface area contributed by atoms with Crippen LogP contribution in [0.5, 0.6) is 0 Å². The van der Waals surface area contributed by atoms with Gasteiger partial charge in [0, 0.05) is 37.7 Å². The number of carbonyl (C=O) groups excluding carboxylic acids is 2. The van der Waals surface area contributed by atoms with Crippen LogP contribution in [0.4, 0.5) is 5.00 Å². The van der Waals surface area contributed by atoms with Crippen LogP contribution in [0.15, 0.2) is 0 Å². The van der Waals surface area contributed by atoms with Crippen molar-refractivity contribution in [1.82, 2.24) is 9.80 Å². The zero-order valence-corrected chi connectivity index (χ0v) is 19.0. The van der Waals surface area contributed by atoms with Crippen LogP contribution in [0.1, 0.15) is 53.4 Å². The van der Waals surface area contributed by atoms with Gasteiger partial charge in [0.1, 0.15) is 11.1 Å². The lowest BCUT2D eigenvalue weighted by Gasteiger charge is -2.37. The van der Waals surface area contributed by atoms with E-state index in [-0.39, 0.29) is 18.0 Å². The molecule has 0 aromatic carbocycles. The van der Waals surface area contributed by atoms with E-state index in [0.717, 1.165) is 49.1 Å². The Hall–Kier alpha value is -1.71. The standard InChI is InChI=1S/C21H29N3O4S2/c1-2-27-20(26)17-14-6-3-4-8-16(14)30-18(17)22-21(29)24-11-9-23(10-12-24)19(25)15-7-5-13-28-15/h15H,2-13H2,1H3,(H,22,29). The average molecular weight is 452 g/mol. The summed E-state index contributed by atoms with van der Waals surface area (Å²) in [6, 6.07) is 0. The summed E-state index contributed by atoms with van der Waals surface area (Å²) < 4.78 is 10.9. The molecule has 1 amide bonds. The molecule has 0 spiro atoms. The topological polar surface area (TPSA) is 71.1 Å². The highest BCUT2D eigenvalue weighted by Gasteiger charge is 2.32. The SMILES string of the molecule is CCOC(=O)c1c(NC(=S)N2CCN(C(=O)C3CCCO3)CC2)sc2c1CCCC2. The smallest absolute Gasteiger partial charge is 0.341 e. The van der Waals surface area contributed by atoms with Crippen molar-refractivity contribution in [3.63, 3.8) is 0 Å². The predicted octanol–water partition coefficient (Wildman–Crippen LogP) is 2.82. The summed E-state index contributed by atoms with van der Waals surface area (Å²) in [7, 11) is 0. The fraction of sp³-hybridized carbons (Fsp3) is 0.667. The number of carbonyl (C=O) groups is 2. The molecule has 1 unspecified atom stereocenters. The van der Waals surface area contributed by atoms with Gasteiger partial charge in [-0.25, -0.2) is 4.79 Å². The van der Waals surface area contributed by atoms with Crippen molar-refractivity contribution in [2.24, 2.45) is 0 Å². The summed E-state index contributed by atoms with van der Waals surface area (Å²) in [5.74, 6) is -0.171. The first-order valence-electron chi connectivity index (χ1n) is 10.9. The Labute approximate surface area is 186 Å². The zero-order valence-electron chi connectivity index (χ0n) is 17.4. The fourth-order valence-corrected chi connectivity index (χ4v) is 5.98. The van der Waals surface area contributed by atoms with E-state index in [1.54, 1.807) is 11.3 Å². The second kappa shape index (κ2) is 9.62. The Bertz CT molecular complexity index is 811. The minimum absolute atomic E-state index is 0.0987. The van der Waals surface area contributed by atoms with Gasteiger partial charge in [0.05, 0.1) is 12.2 Å². The summed E-state index contributed by atoms with van der Waals surface area (Å²) >= 11 is 7.28. The quantitative estimate of drug-likeness (QED) is 0.558. The number of fused-ring (bicyclic) bond motifs is 1. The molecule has 1 atom stereocenters. The van der Waals surface area contributed by atoms with Crippen molar-refractivity contribution in [3.05, 3.63) is 16.0 Å². The Balaban J connectivity index is 1.40. The lowest BCUT2D eigenvalue weighted by Crippen LogP contribution is -2.53. The van der Waals surface area contributed by atoms with Gasteiger partial charge in [0.25, 0.3) is 5.91 Å². The number of ether oxygens (including phenoxy) is 2. The molecule has 2 aliphatic heterocycles. The number of hydrogen-bond acceptors (Lipinski definition) is 6. The largest absolute Gasteiger partial charge is 0.462 e. The van der Waals surface area contributed by atoms with Crippen LogP contribution < -0.4 is 5.32 Å². The molecule has 3 aliphatic rings. The molecule has 2 saturated heterocycles. The number of thiophene rings is 1. The third-order valence-electron chi connectivity index (χ3n) is 5.96. The van der Waals surface area contributed by atoms with Gasteiger partial charge < -0.3 is 24.6 Å². The number of hydrogen-bond donors (Lipinski definition) is 1. The number of amides is 1. The van der Waals surface area contributed by atoms with Crippen LogP contribution in [0, 0.1) is 0 Å². The van der Waals surface area contributed by atoms with Gasteiger partial charge in [-0.1, -0.05) is 0 Å². The van der Waals surface area contributed by atoms with E-state index in [1.165, 1.54) is 4.88 Å². The van der Waals surface area contributed by atoms with Crippen molar-refractivity contribution >= 4 is 45.5 Å². The van der Waals surface area contributed by atoms with Crippen LogP contribution in [0.25, 0.3) is 0 Å². The summed E-state index contributed by atoms with van der Waals surface area (Å²) in [6.07, 6.45) is 5.67. The number of nitrogens with one attached hydrogen (secondary N) is 1. The molecule has 0 bridgehead atoms. The van der Waals surface area contributed by atoms with E-state index in [1.807, 2.05) is 11.8 Å². The van der Waals surface area contributed by atoms with Crippen LogP contribution in [-0.2, 0) is 27.1 Å². The first-order chi connectivity index (χ1) is 14.6. The van der Waals surface area contributed by atoms with E-state index in [0.29, 0.717) is 50.1 Å². The molecule has 9 heteroatoms. The van der Waals surface area contributed by atoms with E-state index in [4.69, 9.17) is 21.7 Å². The molecule has 7 nitrogen and oxygen atoms in total. The van der Waals surface area contributed by atoms with Crippen molar-refractivity contribution in [3.8, 4) is 0 Å². The average Bonchev–Trinajstić information content (AvgIpc) is 3.41. The summed E-state index contributed by atoms with van der Waals surface area (Å²) in [5, 5.41) is 4.72. The van der Waals surface area contributed by atoms with Gasteiger partial charge >= 0.3 is 5.97 Å². The molecule has 164 valence electrons. The second-order valence-electron chi connectivity index (χ2n) is 7.88. The predicted molar refractivity (Wildman–Crippen MR) is 120 cm³/mol. The first-order valence-corrected chi connectivity index (χ1v) is 12.1. The van der Waals surface area contributed by atoms with E-state index in [9.17, 15) is 9.59 Å². The zero-order chi connectivity index (χ0) is 21.1. The Morgan fingerprint density at radius 3 is 2.60 bits per heavy atom. The Kier molecular flexibility index (Phi) is 6.90. The number of esters is 1. The van der Waals surface area contributed by atoms with Crippen LogP contribution >= 0.6 is 23.6 Å². The lowest BCUT2D eigenvalue weighted by molar-refractivity contribution is -0.142. The molecule has 1 aromatic rings. The van der Waals surface area contributed by atoms with E-state index < -0.39 is 0 Å². The maximum absolute atomic E-state index is 12.6. The molecule has 2 fully saturated rings. The minimum Gasteiger partial charge on any atom is -0.462 e. The maximum Gasteiger partial charge on any atom is 0.341 e. The normalized spacial score (nSPS) is 21.3. The minimum atomic E-state index is -0.272. The summed E-state index contributed by atoms with van der Waals surface area (Å²) in [4.78, 5) is 30.4. The Morgan fingerprint density at radius 1 is 1.17 bits per heavy atom. The van der Waals surface area contributed by atoms with Gasteiger partial charge in [-0.05, 0) is 63.2 Å². The van der Waals surface area contributed by atoms with Crippen molar-refractivity contribution < 1.29 is 19.1 Å². The summed E-state index contributed by atoms with van der Waals surface area (Å²) in [6.45, 7) is 5.46. The van der Waals surface area contributed by atoms with Gasteiger partial charge in [0.15, 0.2) is 5.11 Å². The highest BCUT2D eigenvalue weighted by molar-refractivity contribution is 7.80. The second-order valence-corrected chi connectivity index (χ2v) is 9.37.